The van der Waals surface area contributed by atoms with Crippen LogP contribution in [0.3, 0.4) is 0 Å². The fourth-order valence-corrected chi connectivity index (χ4v) is 11.6. The van der Waals surface area contributed by atoms with E-state index in [1.807, 2.05) is 13.0 Å². The Morgan fingerprint density at radius 3 is 2.49 bits per heavy atom. The molecule has 1 unspecified atom stereocenters. The Bertz CT molecular complexity index is 3280. The molecule has 2 spiro atoms. The summed E-state index contributed by atoms with van der Waals surface area (Å²) in [6.45, 7) is 1.50. The second kappa shape index (κ2) is 18.4. The number of aromatic nitrogens is 1. The third-order valence-corrected chi connectivity index (χ3v) is 15.5. The summed E-state index contributed by atoms with van der Waals surface area (Å²) in [5, 5.41) is 131. The largest absolute Gasteiger partial charge is 0.507 e. The van der Waals surface area contributed by atoms with Gasteiger partial charge >= 0.3 is 11.9 Å². The van der Waals surface area contributed by atoms with E-state index < -0.39 is 113 Å². The number of aromatic hydroxyl groups is 3. The number of aliphatic hydroxyl groups is 7. The number of phenolic OH excluding ortho intramolecular Hbond substituents is 3. The Morgan fingerprint density at radius 2 is 1.76 bits per heavy atom. The van der Waals surface area contributed by atoms with Gasteiger partial charge in [0.05, 0.1) is 12.6 Å². The molecule has 3 saturated heterocycles. The lowest BCUT2D eigenvalue weighted by Crippen LogP contribution is -2.75. The van der Waals surface area contributed by atoms with Crippen LogP contribution in [0, 0.1) is 17.8 Å². The molecule has 1 aliphatic carbocycles. The highest BCUT2D eigenvalue weighted by Gasteiger charge is 2.69. The number of carbonyl (C=O) groups is 2. The predicted octanol–water partition coefficient (Wildman–Crippen LogP) is 0.303. The van der Waals surface area contributed by atoms with Gasteiger partial charge in [0.15, 0.2) is 23.0 Å². The molecule has 0 radical (unpaired) electrons. The first-order chi connectivity index (χ1) is 35.8. The number of carboxylic acid groups (broad SMARTS) is 1. The fraction of sp³-hybridized carbons (Fsp3) is 0.415. The molecule has 14 atom stereocenters. The number of allylic oxidation sites excluding steroid dienone is 5. The maximum absolute atomic E-state index is 14.9. The summed E-state index contributed by atoms with van der Waals surface area (Å²) in [5.74, 6) is -5.26. The first-order valence-electron chi connectivity index (χ1n) is 24.4. The summed E-state index contributed by atoms with van der Waals surface area (Å²) < 4.78 is 31.0. The molecular formula is C53H53N3O19. The van der Waals surface area contributed by atoms with Gasteiger partial charge in [-0.2, -0.15) is 0 Å². The number of hydrogen-bond donors (Lipinski definition) is 14. The third kappa shape index (κ3) is 7.76. The number of dihydropyridines is 1. The van der Waals surface area contributed by atoms with Gasteiger partial charge in [-0.3, -0.25) is 10.1 Å². The van der Waals surface area contributed by atoms with Crippen molar-refractivity contribution in [3.05, 3.63) is 116 Å². The lowest BCUT2D eigenvalue weighted by atomic mass is 9.74. The molecule has 0 saturated carbocycles. The molecule has 2 aromatic heterocycles. The van der Waals surface area contributed by atoms with Crippen molar-refractivity contribution in [3.63, 3.8) is 0 Å². The Kier molecular flexibility index (Phi) is 12.3. The minimum Gasteiger partial charge on any atom is -0.507 e. The lowest BCUT2D eigenvalue weighted by molar-refractivity contribution is -0.354. The van der Waals surface area contributed by atoms with Crippen LogP contribution < -0.4 is 20.8 Å². The minimum absolute atomic E-state index is 0.0576. The second-order valence-electron chi connectivity index (χ2n) is 19.9. The summed E-state index contributed by atoms with van der Waals surface area (Å²) in [6.07, 6.45) is -7.13. The minimum atomic E-state index is -3.02. The first kappa shape index (κ1) is 50.2. The van der Waals surface area contributed by atoms with Gasteiger partial charge in [0.25, 0.3) is 11.4 Å². The van der Waals surface area contributed by atoms with Crippen molar-refractivity contribution in [3.8, 4) is 46.2 Å². The number of esters is 1. The number of ether oxygens (including phenoxy) is 4. The van der Waals surface area contributed by atoms with Gasteiger partial charge in [0.2, 0.25) is 11.9 Å². The summed E-state index contributed by atoms with van der Waals surface area (Å²) in [4.78, 5) is 45.3. The molecule has 4 aromatic rings. The van der Waals surface area contributed by atoms with Crippen molar-refractivity contribution in [1.82, 2.24) is 15.6 Å². The standard InChI is InChI=1S/C53H53N3O19/c1-2-31-29(19-28-22-6-3-7-27(15-22)55-47(28)56-31)30-18-25(17-26-8-4-12-54-26)53(73-36-21-35-38(40(61)37(30)36)32(58)20-34(71-35)24-14-23(9-13-57)39(60)33(59)16-24)46(67)43(64)45(66)52(75-53)11-5-10-51(49(68)69)44(65)41(62)42(63)48(74-51)72-50(52)70/h3-4,7-8,12,14,16,18-22,27,30,41-48,54-57,59-67H,2,6,9,11,13,15,17H2,1H3,(H,68,69)/t22-,27+,30-,41+,42+,43-,44-,45-,46+,47?,48-,51-,52-,53-/m0/s1. The van der Waals surface area contributed by atoms with Crippen molar-refractivity contribution in [2.75, 3.05) is 6.61 Å². The van der Waals surface area contributed by atoms with Gasteiger partial charge in [0.1, 0.15) is 58.7 Å². The van der Waals surface area contributed by atoms with E-state index in [4.69, 9.17) is 23.4 Å². The Hall–Kier alpha value is -7.01. The molecule has 0 amide bonds. The number of aromatic amines is 1. The zero-order chi connectivity index (χ0) is 53.0. The number of H-pyrrole nitrogens is 1. The van der Waals surface area contributed by atoms with Crippen LogP contribution in [0.25, 0.3) is 22.3 Å². The van der Waals surface area contributed by atoms with E-state index in [1.54, 1.807) is 24.4 Å². The van der Waals surface area contributed by atoms with Crippen molar-refractivity contribution in [2.45, 2.75) is 123 Å². The molecule has 6 aliphatic heterocycles. The van der Waals surface area contributed by atoms with Crippen molar-refractivity contribution in [2.24, 2.45) is 5.92 Å². The summed E-state index contributed by atoms with van der Waals surface area (Å²) >= 11 is 0. The average Bonchev–Trinajstić information content (AvgIpc) is 3.91. The Morgan fingerprint density at radius 1 is 0.960 bits per heavy atom. The van der Waals surface area contributed by atoms with Crippen molar-refractivity contribution >= 4 is 22.9 Å². The van der Waals surface area contributed by atoms with E-state index in [2.05, 4.69) is 39.6 Å². The van der Waals surface area contributed by atoms with Gasteiger partial charge < -0.3 is 89.8 Å². The number of phenols is 3. The quantitative estimate of drug-likeness (QED) is 0.0488. The van der Waals surface area contributed by atoms with Crippen molar-refractivity contribution < 1.29 is 89.1 Å². The summed E-state index contributed by atoms with van der Waals surface area (Å²) in [7, 11) is 0. The smallest absolute Gasteiger partial charge is 0.351 e. The van der Waals surface area contributed by atoms with E-state index in [1.165, 1.54) is 12.1 Å². The molecule has 14 N–H and O–H groups in total. The molecule has 4 bridgehead atoms. The summed E-state index contributed by atoms with van der Waals surface area (Å²) in [6, 6.07) is 8.23. The van der Waals surface area contributed by atoms with Crippen LogP contribution in [-0.2, 0) is 36.6 Å². The highest BCUT2D eigenvalue weighted by atomic mass is 16.8. The lowest BCUT2D eigenvalue weighted by Gasteiger charge is -2.53. The maximum Gasteiger partial charge on any atom is 0.351 e. The van der Waals surface area contributed by atoms with Crippen LogP contribution in [-0.4, -0.2) is 152 Å². The number of nitrogens with one attached hydrogen (secondary N) is 3. The molecular weight excluding hydrogens is 983 g/mol. The topological polar surface area (TPSA) is 364 Å². The molecule has 394 valence electrons. The molecule has 11 rings (SSSR count). The third-order valence-electron chi connectivity index (χ3n) is 15.5. The average molecular weight is 1040 g/mol. The van der Waals surface area contributed by atoms with E-state index in [0.29, 0.717) is 23.4 Å². The van der Waals surface area contributed by atoms with Crippen LogP contribution in [0.5, 0.6) is 23.0 Å². The fourth-order valence-electron chi connectivity index (χ4n) is 11.6. The number of aliphatic hydroxyl groups excluding tert-OH is 7. The van der Waals surface area contributed by atoms with Crippen molar-refractivity contribution in [1.29, 1.82) is 0 Å². The molecule has 7 aliphatic rings. The molecule has 22 heteroatoms. The second-order valence-corrected chi connectivity index (χ2v) is 19.9. The molecule has 2 aromatic carbocycles. The van der Waals surface area contributed by atoms with Gasteiger partial charge in [-0.15, -0.1) is 0 Å². The van der Waals surface area contributed by atoms with Crippen LogP contribution in [0.1, 0.15) is 55.3 Å². The van der Waals surface area contributed by atoms with Gasteiger partial charge in [0, 0.05) is 77.0 Å². The van der Waals surface area contributed by atoms with E-state index in [0.717, 1.165) is 30.5 Å². The number of fused-ring (bicyclic) bond motifs is 8. The Balaban J connectivity index is 1.17. The first-order valence-corrected chi connectivity index (χ1v) is 24.4. The number of hydrogen-bond acceptors (Lipinski definition) is 20. The van der Waals surface area contributed by atoms with Gasteiger partial charge in [-0.1, -0.05) is 43.1 Å². The number of carboxylic acids is 1. The molecule has 22 nitrogen and oxygen atoms in total. The SMILES string of the molecule is CCC1=C([C@@H]2C=C(Cc3ccc[nH]3)[C@]3(Oc4cc5oc(-c6cc(O)c(O)c(CCO)c6)cc(=O)c5c(O)c42)O[C@@]2(CC#C[C@]4(C(=O)O)O[C@H](OC2=O)[C@H](O)[C@@H](O)[C@@H]4O)[C@@H](O)[C@H](O)[C@H]3O)C=C2C(N1)N[C@@H]1C=CC[C@H]2C1. The predicted molar refractivity (Wildman–Crippen MR) is 257 cm³/mol. The molecule has 75 heavy (non-hydrogen) atoms. The van der Waals surface area contributed by atoms with Crippen LogP contribution in [0.4, 0.5) is 0 Å². The number of aliphatic carboxylic acids is 1. The number of benzene rings is 2. The highest BCUT2D eigenvalue weighted by molar-refractivity contribution is 5.90. The number of rotatable bonds is 8. The van der Waals surface area contributed by atoms with E-state index >= 15 is 0 Å². The highest BCUT2D eigenvalue weighted by Crippen LogP contribution is 2.55. The van der Waals surface area contributed by atoms with E-state index in [9.17, 15) is 70.6 Å². The van der Waals surface area contributed by atoms with Gasteiger partial charge in [-0.05, 0) is 67.0 Å². The zero-order valence-corrected chi connectivity index (χ0v) is 39.8. The summed E-state index contributed by atoms with van der Waals surface area (Å²) in [5.41, 5.74) is -4.43. The van der Waals surface area contributed by atoms with E-state index in [-0.39, 0.29) is 75.7 Å². The molecule has 8 heterocycles. The monoisotopic (exact) mass is 1040 g/mol. The number of piperidine rings is 1. The van der Waals surface area contributed by atoms with Crippen LogP contribution in [0.2, 0.25) is 0 Å². The van der Waals surface area contributed by atoms with Gasteiger partial charge in [-0.25, -0.2) is 9.59 Å². The molecule has 3 fully saturated rings. The maximum atomic E-state index is 14.9. The number of carbonyl (C=O) groups excluding carboxylic acids is 1. The zero-order valence-electron chi connectivity index (χ0n) is 39.8. The van der Waals surface area contributed by atoms with Crippen LogP contribution >= 0.6 is 0 Å². The normalized spacial score (nSPS) is 34.8. The van der Waals surface area contributed by atoms with Crippen LogP contribution in [0.15, 0.2) is 98.5 Å². The Labute approximate surface area is 425 Å².